The van der Waals surface area contributed by atoms with E-state index in [2.05, 4.69) is 90.4 Å². The molecule has 2 saturated carbocycles. The minimum absolute atomic E-state index is 0.860. The summed E-state index contributed by atoms with van der Waals surface area (Å²) < 4.78 is 0. The predicted octanol–water partition coefficient (Wildman–Crippen LogP) is 8.15. The standard InChI is InChI=1S/2C21H29N3/c2*1-2-5-17(6-3-1)13-18-8-9-21-19(14-18)10-12-24(21)11-4-7-20-15-22-16-23-20/h2*1-3,5-6,15-16,18-19,21H,4,7-14H2,(H,22,23). The van der Waals surface area contributed by atoms with Gasteiger partial charge >= 0.3 is 0 Å². The number of imidazole rings is 2. The quantitative estimate of drug-likeness (QED) is 0.163. The third-order valence-corrected chi connectivity index (χ3v) is 12.2. The highest BCUT2D eigenvalue weighted by molar-refractivity contribution is 5.16. The zero-order chi connectivity index (χ0) is 32.4. The second-order valence-electron chi connectivity index (χ2n) is 15.4. The number of nitrogens with zero attached hydrogens (tertiary/aromatic N) is 4. The maximum absolute atomic E-state index is 4.11. The van der Waals surface area contributed by atoms with E-state index in [1.165, 1.54) is 126 Å². The highest BCUT2D eigenvalue weighted by Crippen LogP contribution is 2.41. The van der Waals surface area contributed by atoms with Gasteiger partial charge in [0.25, 0.3) is 0 Å². The molecule has 2 aromatic carbocycles. The van der Waals surface area contributed by atoms with Crippen LogP contribution >= 0.6 is 0 Å². The van der Waals surface area contributed by atoms with Gasteiger partial charge in [0.05, 0.1) is 12.7 Å². The van der Waals surface area contributed by atoms with Crippen molar-refractivity contribution in [3.05, 3.63) is 108 Å². The molecule has 2 aliphatic heterocycles. The number of hydrogen-bond acceptors (Lipinski definition) is 4. The molecule has 2 aromatic heterocycles. The first-order valence-electron chi connectivity index (χ1n) is 19.3. The summed E-state index contributed by atoms with van der Waals surface area (Å²) in [5.41, 5.74) is 5.60. The van der Waals surface area contributed by atoms with Gasteiger partial charge in [-0.2, -0.15) is 0 Å². The SMILES string of the molecule is c1ccc(CC2CCC3C(CCN3CCCc3cnc[nH]3)C2)cc1.c1ccc(CC2CCC3C(CCN3CCCc3cnc[nH]3)C2)cc1. The number of likely N-dealkylation sites (tertiary alicyclic amines) is 2. The van der Waals surface area contributed by atoms with E-state index < -0.39 is 0 Å². The average molecular weight is 647 g/mol. The molecule has 8 rings (SSSR count). The number of benzene rings is 2. The van der Waals surface area contributed by atoms with Crippen LogP contribution in [0.4, 0.5) is 0 Å². The molecule has 4 heterocycles. The number of H-pyrrole nitrogens is 2. The topological polar surface area (TPSA) is 63.8 Å². The van der Waals surface area contributed by atoms with Crippen molar-refractivity contribution in [2.45, 2.75) is 102 Å². The smallest absolute Gasteiger partial charge is 0.0921 e. The molecule has 2 N–H and O–H groups in total. The molecule has 4 fully saturated rings. The summed E-state index contributed by atoms with van der Waals surface area (Å²) in [6, 6.07) is 23.9. The molecular formula is C42H58N6. The third-order valence-electron chi connectivity index (χ3n) is 12.2. The highest BCUT2D eigenvalue weighted by atomic mass is 15.2. The van der Waals surface area contributed by atoms with E-state index in [0.29, 0.717) is 0 Å². The highest BCUT2D eigenvalue weighted by Gasteiger charge is 2.39. The van der Waals surface area contributed by atoms with Crippen LogP contribution in [0.3, 0.4) is 0 Å². The lowest BCUT2D eigenvalue weighted by atomic mass is 9.76. The van der Waals surface area contributed by atoms with Crippen molar-refractivity contribution in [1.82, 2.24) is 29.7 Å². The summed E-state index contributed by atoms with van der Waals surface area (Å²) in [6.45, 7) is 5.14. The number of nitrogens with one attached hydrogen (secondary N) is 2. The van der Waals surface area contributed by atoms with Gasteiger partial charge in [-0.3, -0.25) is 0 Å². The molecule has 0 bridgehead atoms. The van der Waals surface area contributed by atoms with Crippen molar-refractivity contribution in [2.24, 2.45) is 23.7 Å². The van der Waals surface area contributed by atoms with E-state index in [0.717, 1.165) is 48.6 Å². The van der Waals surface area contributed by atoms with Crippen LogP contribution in [0.25, 0.3) is 0 Å². The summed E-state index contributed by atoms with van der Waals surface area (Å²) in [7, 11) is 0. The van der Waals surface area contributed by atoms with Crippen molar-refractivity contribution in [1.29, 1.82) is 0 Å². The Labute approximate surface area is 289 Å². The maximum Gasteiger partial charge on any atom is 0.0921 e. The van der Waals surface area contributed by atoms with Gasteiger partial charge in [-0.15, -0.1) is 0 Å². The summed E-state index contributed by atoms with van der Waals surface area (Å²) in [5.74, 6) is 3.69. The second kappa shape index (κ2) is 16.9. The zero-order valence-corrected chi connectivity index (χ0v) is 29.1. The Morgan fingerprint density at radius 3 is 1.44 bits per heavy atom. The van der Waals surface area contributed by atoms with Crippen molar-refractivity contribution in [2.75, 3.05) is 26.2 Å². The fourth-order valence-corrected chi connectivity index (χ4v) is 9.88. The summed E-state index contributed by atoms with van der Waals surface area (Å²) >= 11 is 0. The monoisotopic (exact) mass is 646 g/mol. The number of fused-ring (bicyclic) bond motifs is 2. The van der Waals surface area contributed by atoms with Crippen molar-refractivity contribution >= 4 is 0 Å². The average Bonchev–Trinajstić information content (AvgIpc) is 3.95. The van der Waals surface area contributed by atoms with E-state index in [1.807, 2.05) is 12.4 Å². The Morgan fingerprint density at radius 1 is 0.562 bits per heavy atom. The number of rotatable bonds is 12. The Bertz CT molecular complexity index is 1330. The van der Waals surface area contributed by atoms with E-state index in [4.69, 9.17) is 0 Å². The molecule has 0 spiro atoms. The largest absolute Gasteiger partial charge is 0.348 e. The molecule has 2 aliphatic carbocycles. The Kier molecular flexibility index (Phi) is 11.7. The predicted molar refractivity (Wildman–Crippen MR) is 196 cm³/mol. The summed E-state index contributed by atoms with van der Waals surface area (Å²) in [5, 5.41) is 0. The van der Waals surface area contributed by atoms with Gasteiger partial charge in [0.1, 0.15) is 0 Å². The lowest BCUT2D eigenvalue weighted by Gasteiger charge is -2.36. The molecule has 0 radical (unpaired) electrons. The third kappa shape index (κ3) is 9.06. The van der Waals surface area contributed by atoms with Gasteiger partial charge in [-0.1, -0.05) is 60.7 Å². The number of hydrogen-bond donors (Lipinski definition) is 2. The Morgan fingerprint density at radius 2 is 1.02 bits per heavy atom. The lowest BCUT2D eigenvalue weighted by Crippen LogP contribution is -2.37. The molecule has 4 aliphatic rings. The van der Waals surface area contributed by atoms with Crippen LogP contribution < -0.4 is 0 Å². The van der Waals surface area contributed by atoms with Gasteiger partial charge in [0.15, 0.2) is 0 Å². The van der Waals surface area contributed by atoms with Crippen LogP contribution in [0.2, 0.25) is 0 Å². The van der Waals surface area contributed by atoms with Crippen molar-refractivity contribution in [3.8, 4) is 0 Å². The molecule has 256 valence electrons. The van der Waals surface area contributed by atoms with Gasteiger partial charge in [-0.25, -0.2) is 9.97 Å². The van der Waals surface area contributed by atoms with Gasteiger partial charge in [-0.05, 0) is 151 Å². The number of aryl methyl sites for hydroxylation is 2. The van der Waals surface area contributed by atoms with E-state index in [9.17, 15) is 0 Å². The first kappa shape index (κ1) is 33.3. The zero-order valence-electron chi connectivity index (χ0n) is 29.1. The van der Waals surface area contributed by atoms with Gasteiger partial charge in [0.2, 0.25) is 0 Å². The summed E-state index contributed by atoms with van der Waals surface area (Å²) in [4.78, 5) is 20.2. The molecule has 6 unspecified atom stereocenters. The van der Waals surface area contributed by atoms with Crippen LogP contribution in [0.5, 0.6) is 0 Å². The minimum atomic E-state index is 0.860. The van der Waals surface area contributed by atoms with Crippen LogP contribution in [-0.2, 0) is 25.7 Å². The van der Waals surface area contributed by atoms with Crippen LogP contribution in [0, 0.1) is 23.7 Å². The van der Waals surface area contributed by atoms with Crippen LogP contribution in [-0.4, -0.2) is 68.0 Å². The maximum atomic E-state index is 4.11. The minimum Gasteiger partial charge on any atom is -0.348 e. The molecular weight excluding hydrogens is 589 g/mol. The second-order valence-corrected chi connectivity index (χ2v) is 15.4. The molecule has 0 amide bonds. The Balaban J connectivity index is 0.000000152. The van der Waals surface area contributed by atoms with Gasteiger partial charge < -0.3 is 19.8 Å². The van der Waals surface area contributed by atoms with E-state index in [-0.39, 0.29) is 0 Å². The van der Waals surface area contributed by atoms with E-state index in [1.54, 1.807) is 12.7 Å². The summed E-state index contributed by atoms with van der Waals surface area (Å²) in [6.07, 6.45) is 26.2. The normalized spacial score (nSPS) is 27.2. The van der Waals surface area contributed by atoms with Crippen LogP contribution in [0.15, 0.2) is 85.7 Å². The first-order valence-corrected chi connectivity index (χ1v) is 19.3. The molecule has 6 nitrogen and oxygen atoms in total. The fraction of sp³-hybridized carbons (Fsp3) is 0.571. The van der Waals surface area contributed by atoms with Crippen LogP contribution in [0.1, 0.15) is 86.7 Å². The van der Waals surface area contributed by atoms with Crippen molar-refractivity contribution in [3.63, 3.8) is 0 Å². The van der Waals surface area contributed by atoms with E-state index >= 15 is 0 Å². The molecule has 4 aromatic rings. The fourth-order valence-electron chi connectivity index (χ4n) is 9.88. The van der Waals surface area contributed by atoms with Crippen molar-refractivity contribution < 1.29 is 0 Å². The molecule has 6 heteroatoms. The Hall–Kier alpha value is -3.22. The lowest BCUT2D eigenvalue weighted by molar-refractivity contribution is 0.150. The first-order chi connectivity index (χ1) is 23.8. The molecule has 6 atom stereocenters. The van der Waals surface area contributed by atoms with Gasteiger partial charge in [0, 0.05) is 35.9 Å². The molecule has 48 heavy (non-hydrogen) atoms. The number of aromatic amines is 2. The molecule has 2 saturated heterocycles. The number of aromatic nitrogens is 4.